The predicted octanol–water partition coefficient (Wildman–Crippen LogP) is 4.08. The van der Waals surface area contributed by atoms with Gasteiger partial charge >= 0.3 is 0 Å². The van der Waals surface area contributed by atoms with Crippen LogP contribution in [0.4, 0.5) is 8.78 Å². The highest BCUT2D eigenvalue weighted by Crippen LogP contribution is 2.36. The number of benzene rings is 2. The lowest BCUT2D eigenvalue weighted by Crippen LogP contribution is -2.67. The second-order valence-electron chi connectivity index (χ2n) is 11.6. The van der Waals surface area contributed by atoms with Crippen LogP contribution in [0.1, 0.15) is 63.8 Å². The summed E-state index contributed by atoms with van der Waals surface area (Å²) >= 11 is 0. The normalized spacial score (nSPS) is 21.1. The minimum Gasteiger partial charge on any atom is -0.349 e. The van der Waals surface area contributed by atoms with Crippen LogP contribution in [-0.4, -0.2) is 40.2 Å². The summed E-state index contributed by atoms with van der Waals surface area (Å²) < 4.78 is 29.0. The number of nitrogens with one attached hydrogen (secondary N) is 2. The van der Waals surface area contributed by atoms with Crippen molar-refractivity contribution in [1.29, 1.82) is 0 Å². The highest BCUT2D eigenvalue weighted by molar-refractivity contribution is 6.00. The molecule has 2 aliphatic rings. The number of carbonyl (C=O) groups is 3. The van der Waals surface area contributed by atoms with Crippen molar-refractivity contribution < 1.29 is 23.2 Å². The Balaban J connectivity index is 1.79. The minimum atomic E-state index is -1.44. The predicted molar refractivity (Wildman–Crippen MR) is 136 cm³/mol. The third-order valence-corrected chi connectivity index (χ3v) is 6.99. The van der Waals surface area contributed by atoms with Gasteiger partial charge in [-0.15, -0.1) is 0 Å². The number of fused-ring (bicyclic) bond motifs is 1. The zero-order chi connectivity index (χ0) is 27.1. The molecular weight excluding hydrogens is 476 g/mol. The molecule has 0 saturated carbocycles. The summed E-state index contributed by atoms with van der Waals surface area (Å²) in [6.07, 6.45) is 1.51. The Labute approximate surface area is 216 Å². The third-order valence-electron chi connectivity index (χ3n) is 6.99. The molecule has 37 heavy (non-hydrogen) atoms. The quantitative estimate of drug-likeness (QED) is 0.614. The van der Waals surface area contributed by atoms with E-state index in [1.54, 1.807) is 20.8 Å². The maximum absolute atomic E-state index is 15.2. The van der Waals surface area contributed by atoms with E-state index in [-0.39, 0.29) is 29.7 Å². The summed E-state index contributed by atoms with van der Waals surface area (Å²) in [5, 5.41) is 5.77. The highest BCUT2D eigenvalue weighted by Gasteiger charge is 2.50. The molecule has 0 bridgehead atoms. The maximum Gasteiger partial charge on any atom is 0.247 e. The van der Waals surface area contributed by atoms with Gasteiger partial charge in [0.2, 0.25) is 17.7 Å². The van der Waals surface area contributed by atoms with E-state index < -0.39 is 47.1 Å². The van der Waals surface area contributed by atoms with E-state index in [0.717, 1.165) is 17.2 Å². The molecule has 0 radical (unpaired) electrons. The third kappa shape index (κ3) is 5.68. The molecule has 2 N–H and O–H groups in total. The molecule has 2 aromatic carbocycles. The smallest absolute Gasteiger partial charge is 0.247 e. The molecule has 1 fully saturated rings. The molecule has 4 rings (SSSR count). The van der Waals surface area contributed by atoms with Crippen LogP contribution in [0, 0.1) is 23.5 Å². The van der Waals surface area contributed by atoms with Crippen molar-refractivity contribution in [2.75, 3.05) is 0 Å². The van der Waals surface area contributed by atoms with Crippen LogP contribution < -0.4 is 10.6 Å². The van der Waals surface area contributed by atoms with Crippen LogP contribution in [0.2, 0.25) is 0 Å². The number of nitrogens with zero attached hydrogens (tertiary/aromatic N) is 1. The Kier molecular flexibility index (Phi) is 7.40. The average Bonchev–Trinajstić information content (AvgIpc) is 3.22. The summed E-state index contributed by atoms with van der Waals surface area (Å²) in [5.41, 5.74) is 1.41. The lowest BCUT2D eigenvalue weighted by atomic mass is 9.87. The number of amides is 3. The van der Waals surface area contributed by atoms with Gasteiger partial charge in [0, 0.05) is 17.2 Å². The number of hydrogen-bond acceptors (Lipinski definition) is 3. The molecule has 1 heterocycles. The summed E-state index contributed by atoms with van der Waals surface area (Å²) in [7, 11) is 0. The van der Waals surface area contributed by atoms with Gasteiger partial charge in [-0.05, 0) is 69.1 Å². The fourth-order valence-electron chi connectivity index (χ4n) is 5.45. The fourth-order valence-corrected chi connectivity index (χ4v) is 5.45. The number of halogens is 2. The summed E-state index contributed by atoms with van der Waals surface area (Å²) in [6.45, 7) is 9.16. The minimum absolute atomic E-state index is 0.0164. The fraction of sp³-hybridized carbons (Fsp3) is 0.483. The zero-order valence-corrected chi connectivity index (χ0v) is 22.0. The van der Waals surface area contributed by atoms with Crippen LogP contribution >= 0.6 is 0 Å². The van der Waals surface area contributed by atoms with Crippen molar-refractivity contribution in [3.05, 3.63) is 70.8 Å². The Hall–Kier alpha value is -3.29. The lowest BCUT2D eigenvalue weighted by Gasteiger charge is -2.45. The van der Waals surface area contributed by atoms with E-state index in [1.807, 2.05) is 38.1 Å². The van der Waals surface area contributed by atoms with Crippen molar-refractivity contribution in [3.63, 3.8) is 0 Å². The molecule has 1 aliphatic heterocycles. The standard InChI is InChI=1S/C29H35F2N3O3/c1-16(2)12-23-26(35)32-24(19-13-17-8-6-7-9-18(17)14-19)28(37)34(23)25(27(36)33-29(3,4)5)21-11-10-20(30)15-22(21)31/h6-11,15-16,19,23-25H,12-14H2,1-5H3,(H,32,35)(H,33,36)/t23-,24?,25-/m1/s1. The van der Waals surface area contributed by atoms with Crippen molar-refractivity contribution in [2.45, 2.75) is 77.5 Å². The molecular formula is C29H35F2N3O3. The van der Waals surface area contributed by atoms with Gasteiger partial charge in [-0.3, -0.25) is 14.4 Å². The van der Waals surface area contributed by atoms with Gasteiger partial charge in [0.05, 0.1) is 0 Å². The van der Waals surface area contributed by atoms with Crippen LogP contribution in [0.3, 0.4) is 0 Å². The Morgan fingerprint density at radius 2 is 1.70 bits per heavy atom. The van der Waals surface area contributed by atoms with Crippen molar-refractivity contribution in [3.8, 4) is 0 Å². The topological polar surface area (TPSA) is 78.5 Å². The van der Waals surface area contributed by atoms with Gasteiger partial charge in [0.25, 0.3) is 0 Å². The van der Waals surface area contributed by atoms with E-state index in [9.17, 15) is 18.8 Å². The van der Waals surface area contributed by atoms with Crippen molar-refractivity contribution in [1.82, 2.24) is 15.5 Å². The maximum atomic E-state index is 15.2. The van der Waals surface area contributed by atoms with Crippen molar-refractivity contribution >= 4 is 17.7 Å². The van der Waals surface area contributed by atoms with Crippen LogP contribution in [0.25, 0.3) is 0 Å². The lowest BCUT2D eigenvalue weighted by molar-refractivity contribution is -0.158. The largest absolute Gasteiger partial charge is 0.349 e. The second kappa shape index (κ2) is 10.2. The summed E-state index contributed by atoms with van der Waals surface area (Å²) in [5.74, 6) is -3.34. The van der Waals surface area contributed by atoms with Gasteiger partial charge in [0.15, 0.2) is 0 Å². The highest BCUT2D eigenvalue weighted by atomic mass is 19.1. The van der Waals surface area contributed by atoms with Gasteiger partial charge in [-0.25, -0.2) is 8.78 Å². The Morgan fingerprint density at radius 1 is 1.08 bits per heavy atom. The first-order valence-corrected chi connectivity index (χ1v) is 12.8. The van der Waals surface area contributed by atoms with E-state index in [4.69, 9.17) is 0 Å². The molecule has 0 spiro atoms. The molecule has 1 saturated heterocycles. The first-order chi connectivity index (χ1) is 17.4. The first kappa shape index (κ1) is 26.8. The summed E-state index contributed by atoms with van der Waals surface area (Å²) in [6, 6.07) is 7.57. The van der Waals surface area contributed by atoms with Crippen LogP contribution in [0.5, 0.6) is 0 Å². The van der Waals surface area contributed by atoms with Gasteiger partial charge in [0.1, 0.15) is 29.8 Å². The number of hydrogen-bond donors (Lipinski definition) is 2. The van der Waals surface area contributed by atoms with Gasteiger partial charge in [-0.1, -0.05) is 44.2 Å². The second-order valence-corrected chi connectivity index (χ2v) is 11.6. The zero-order valence-electron chi connectivity index (χ0n) is 22.0. The molecule has 1 aliphatic carbocycles. The molecule has 6 nitrogen and oxygen atoms in total. The first-order valence-electron chi connectivity index (χ1n) is 12.8. The van der Waals surface area contributed by atoms with Crippen LogP contribution in [-0.2, 0) is 27.2 Å². The van der Waals surface area contributed by atoms with E-state index in [1.165, 1.54) is 11.0 Å². The van der Waals surface area contributed by atoms with Crippen molar-refractivity contribution in [2.24, 2.45) is 11.8 Å². The average molecular weight is 512 g/mol. The number of piperazine rings is 1. The summed E-state index contributed by atoms with van der Waals surface area (Å²) in [4.78, 5) is 42.7. The van der Waals surface area contributed by atoms with E-state index in [0.29, 0.717) is 18.9 Å². The SMILES string of the molecule is CC(C)C[C@@H]1C(=O)NC(C2Cc3ccccc3C2)C(=O)N1[C@@H](C(=O)NC(C)(C)C)c1ccc(F)cc1F. The molecule has 0 aromatic heterocycles. The van der Waals surface area contributed by atoms with E-state index >= 15 is 4.39 Å². The molecule has 2 aromatic rings. The monoisotopic (exact) mass is 511 g/mol. The number of carbonyl (C=O) groups excluding carboxylic acids is 3. The number of rotatable bonds is 6. The van der Waals surface area contributed by atoms with Gasteiger partial charge < -0.3 is 15.5 Å². The Bertz CT molecular complexity index is 1180. The Morgan fingerprint density at radius 3 is 2.24 bits per heavy atom. The van der Waals surface area contributed by atoms with Crippen LogP contribution in [0.15, 0.2) is 42.5 Å². The molecule has 1 unspecified atom stereocenters. The van der Waals surface area contributed by atoms with Gasteiger partial charge in [-0.2, -0.15) is 0 Å². The molecule has 3 atom stereocenters. The molecule has 8 heteroatoms. The molecule has 3 amide bonds. The van der Waals surface area contributed by atoms with E-state index in [2.05, 4.69) is 10.6 Å². The molecule has 198 valence electrons.